The van der Waals surface area contributed by atoms with Crippen LogP contribution in [0.4, 0.5) is 0 Å². The van der Waals surface area contributed by atoms with Crippen molar-refractivity contribution in [2.75, 3.05) is 39.8 Å². The lowest BCUT2D eigenvalue weighted by atomic mass is 10.0. The van der Waals surface area contributed by atoms with Crippen LogP contribution < -0.4 is 0 Å². The van der Waals surface area contributed by atoms with Crippen molar-refractivity contribution in [3.8, 4) is 5.75 Å². The van der Waals surface area contributed by atoms with Crippen LogP contribution in [-0.2, 0) is 12.8 Å². The minimum absolute atomic E-state index is 0.464. The molecule has 0 aromatic heterocycles. The van der Waals surface area contributed by atoms with Gasteiger partial charge in [0, 0.05) is 26.2 Å². The number of aromatic hydroxyl groups is 1. The third-order valence-electron chi connectivity index (χ3n) is 4.08. The van der Waals surface area contributed by atoms with Crippen LogP contribution in [-0.4, -0.2) is 54.7 Å². The zero-order chi connectivity index (χ0) is 14.4. The van der Waals surface area contributed by atoms with Crippen molar-refractivity contribution in [3.05, 3.63) is 42.0 Å². The molecule has 0 aliphatic carbocycles. The maximum Gasteiger partial charge on any atom is 0.122 e. The summed E-state index contributed by atoms with van der Waals surface area (Å²) in [5.74, 6) is 0.464. The summed E-state index contributed by atoms with van der Waals surface area (Å²) in [5.41, 5.74) is 2.05. The van der Waals surface area contributed by atoms with Crippen LogP contribution in [0.25, 0.3) is 0 Å². The van der Waals surface area contributed by atoms with Crippen LogP contribution in [0.2, 0.25) is 0 Å². The molecule has 1 N–H and O–H groups in total. The molecule has 1 aliphatic rings. The van der Waals surface area contributed by atoms with Gasteiger partial charge in [0.25, 0.3) is 0 Å². The number of hydrogen-bond donors (Lipinski definition) is 1. The average molecular weight is 274 g/mol. The molecule has 1 fully saturated rings. The van der Waals surface area contributed by atoms with Crippen molar-refractivity contribution in [2.24, 2.45) is 0 Å². The molecule has 0 spiro atoms. The standard InChI is InChI=1S/C17H26N2O/c1-3-6-15-7-4-8-16(17(15)20)9-5-10-19-13-11-18(2)12-14-19/h3-4,7-8,20H,1,5-6,9-14H2,2H3. The average Bonchev–Trinajstić information content (AvgIpc) is 2.45. The zero-order valence-corrected chi connectivity index (χ0v) is 12.5. The van der Waals surface area contributed by atoms with Crippen molar-refractivity contribution in [1.82, 2.24) is 9.80 Å². The minimum atomic E-state index is 0.464. The fraction of sp³-hybridized carbons (Fsp3) is 0.529. The number of phenolic OH excluding ortho intramolecular Hbond substituents is 1. The number of piperazine rings is 1. The monoisotopic (exact) mass is 274 g/mol. The second-order valence-electron chi connectivity index (χ2n) is 5.67. The Morgan fingerprint density at radius 1 is 1.20 bits per heavy atom. The van der Waals surface area contributed by atoms with Crippen LogP contribution in [0.3, 0.4) is 0 Å². The molecule has 0 radical (unpaired) electrons. The van der Waals surface area contributed by atoms with Crippen molar-refractivity contribution >= 4 is 0 Å². The number of nitrogens with zero attached hydrogens (tertiary/aromatic N) is 2. The number of allylic oxidation sites excluding steroid dienone is 1. The summed E-state index contributed by atoms with van der Waals surface area (Å²) < 4.78 is 0. The van der Waals surface area contributed by atoms with Gasteiger partial charge in [0.15, 0.2) is 0 Å². The van der Waals surface area contributed by atoms with Crippen LogP contribution in [0.15, 0.2) is 30.9 Å². The Hall–Kier alpha value is -1.32. The quantitative estimate of drug-likeness (QED) is 0.806. The molecule has 110 valence electrons. The Kier molecular flexibility index (Phi) is 5.62. The summed E-state index contributed by atoms with van der Waals surface area (Å²) in [6.07, 6.45) is 4.62. The molecule has 0 amide bonds. The Morgan fingerprint density at radius 3 is 2.60 bits per heavy atom. The normalized spacial score (nSPS) is 17.2. The van der Waals surface area contributed by atoms with Crippen LogP contribution >= 0.6 is 0 Å². The maximum atomic E-state index is 10.2. The molecule has 0 unspecified atom stereocenters. The van der Waals surface area contributed by atoms with Gasteiger partial charge in [-0.3, -0.25) is 0 Å². The third kappa shape index (κ3) is 4.09. The van der Waals surface area contributed by atoms with Gasteiger partial charge in [0.2, 0.25) is 0 Å². The molecule has 1 aromatic rings. The van der Waals surface area contributed by atoms with E-state index in [0.29, 0.717) is 5.75 Å². The second-order valence-corrected chi connectivity index (χ2v) is 5.67. The highest BCUT2D eigenvalue weighted by Crippen LogP contribution is 2.24. The predicted molar refractivity (Wildman–Crippen MR) is 84.3 cm³/mol. The number of hydrogen-bond acceptors (Lipinski definition) is 3. The van der Waals surface area contributed by atoms with Crippen LogP contribution in [0.5, 0.6) is 5.75 Å². The Balaban J connectivity index is 1.82. The first kappa shape index (κ1) is 15.1. The SMILES string of the molecule is C=CCc1cccc(CCCN2CCN(C)CC2)c1O. The molecule has 1 heterocycles. The van der Waals surface area contributed by atoms with Crippen LogP contribution in [0, 0.1) is 0 Å². The molecule has 1 aliphatic heterocycles. The third-order valence-corrected chi connectivity index (χ3v) is 4.08. The molecule has 0 bridgehead atoms. The van der Waals surface area contributed by atoms with E-state index >= 15 is 0 Å². The molecule has 0 atom stereocenters. The van der Waals surface area contributed by atoms with Gasteiger partial charge in [-0.2, -0.15) is 0 Å². The fourth-order valence-corrected chi connectivity index (χ4v) is 2.73. The Labute approximate surface area is 122 Å². The predicted octanol–water partition coefficient (Wildman–Crippen LogP) is 2.30. The zero-order valence-electron chi connectivity index (χ0n) is 12.5. The molecule has 0 saturated carbocycles. The number of likely N-dealkylation sites (N-methyl/N-ethyl adjacent to an activating group) is 1. The van der Waals surface area contributed by atoms with Gasteiger partial charge in [-0.25, -0.2) is 0 Å². The van der Waals surface area contributed by atoms with Crippen molar-refractivity contribution in [2.45, 2.75) is 19.3 Å². The molecule has 1 saturated heterocycles. The Bertz CT molecular complexity index is 437. The largest absolute Gasteiger partial charge is 0.507 e. The number of rotatable bonds is 6. The molecule has 3 nitrogen and oxygen atoms in total. The maximum absolute atomic E-state index is 10.2. The Morgan fingerprint density at radius 2 is 1.90 bits per heavy atom. The highest BCUT2D eigenvalue weighted by molar-refractivity contribution is 5.41. The first-order valence-corrected chi connectivity index (χ1v) is 7.52. The van der Waals surface area contributed by atoms with E-state index in [1.807, 2.05) is 24.3 Å². The van der Waals surface area contributed by atoms with E-state index < -0.39 is 0 Å². The van der Waals surface area contributed by atoms with E-state index in [0.717, 1.165) is 36.9 Å². The summed E-state index contributed by atoms with van der Waals surface area (Å²) in [7, 11) is 2.18. The van der Waals surface area contributed by atoms with Gasteiger partial charge in [0.05, 0.1) is 0 Å². The van der Waals surface area contributed by atoms with Gasteiger partial charge in [-0.05, 0) is 44.0 Å². The molecule has 3 heteroatoms. The fourth-order valence-electron chi connectivity index (χ4n) is 2.73. The first-order valence-electron chi connectivity index (χ1n) is 7.52. The van der Waals surface area contributed by atoms with Gasteiger partial charge >= 0.3 is 0 Å². The van der Waals surface area contributed by atoms with Crippen molar-refractivity contribution in [1.29, 1.82) is 0 Å². The summed E-state index contributed by atoms with van der Waals surface area (Å²) in [4.78, 5) is 4.89. The number of aryl methyl sites for hydroxylation is 1. The number of benzene rings is 1. The topological polar surface area (TPSA) is 26.7 Å². The van der Waals surface area contributed by atoms with E-state index in [9.17, 15) is 5.11 Å². The summed E-state index contributed by atoms with van der Waals surface area (Å²) in [6.45, 7) is 9.52. The van der Waals surface area contributed by atoms with Crippen LogP contribution in [0.1, 0.15) is 17.5 Å². The van der Waals surface area contributed by atoms with E-state index in [1.54, 1.807) is 0 Å². The van der Waals surface area contributed by atoms with Crippen molar-refractivity contribution < 1.29 is 5.11 Å². The summed E-state index contributed by atoms with van der Waals surface area (Å²) >= 11 is 0. The molecular weight excluding hydrogens is 248 g/mol. The lowest BCUT2D eigenvalue weighted by Gasteiger charge is -2.32. The first-order chi connectivity index (χ1) is 9.70. The smallest absolute Gasteiger partial charge is 0.122 e. The van der Waals surface area contributed by atoms with Gasteiger partial charge in [-0.1, -0.05) is 24.3 Å². The van der Waals surface area contributed by atoms with E-state index in [-0.39, 0.29) is 0 Å². The number of phenols is 1. The lowest BCUT2D eigenvalue weighted by Crippen LogP contribution is -2.44. The van der Waals surface area contributed by atoms with Gasteiger partial charge < -0.3 is 14.9 Å². The van der Waals surface area contributed by atoms with E-state index in [1.165, 1.54) is 26.2 Å². The number of para-hydroxylation sites is 1. The molecular formula is C17H26N2O. The highest BCUT2D eigenvalue weighted by Gasteiger charge is 2.13. The van der Waals surface area contributed by atoms with E-state index in [4.69, 9.17) is 0 Å². The molecule has 1 aromatic carbocycles. The molecule has 2 rings (SSSR count). The lowest BCUT2D eigenvalue weighted by molar-refractivity contribution is 0.153. The van der Waals surface area contributed by atoms with Gasteiger partial charge in [0.1, 0.15) is 5.75 Å². The van der Waals surface area contributed by atoms with Crippen molar-refractivity contribution in [3.63, 3.8) is 0 Å². The summed E-state index contributed by atoms with van der Waals surface area (Å²) in [6, 6.07) is 6.04. The second kappa shape index (κ2) is 7.46. The van der Waals surface area contributed by atoms with Gasteiger partial charge in [-0.15, -0.1) is 6.58 Å². The minimum Gasteiger partial charge on any atom is -0.507 e. The highest BCUT2D eigenvalue weighted by atomic mass is 16.3. The summed E-state index contributed by atoms with van der Waals surface area (Å²) in [5, 5.41) is 10.2. The molecule has 20 heavy (non-hydrogen) atoms. The van der Waals surface area contributed by atoms with E-state index in [2.05, 4.69) is 23.4 Å².